The highest BCUT2D eigenvalue weighted by Gasteiger charge is 2.35. The Labute approximate surface area is 208 Å². The lowest BCUT2D eigenvalue weighted by Crippen LogP contribution is -2.30. The van der Waals surface area contributed by atoms with Gasteiger partial charge in [0.15, 0.2) is 0 Å². The third kappa shape index (κ3) is 6.29. The summed E-state index contributed by atoms with van der Waals surface area (Å²) in [5.74, 6) is 6.66. The molecule has 0 spiro atoms. The fourth-order valence-electron chi connectivity index (χ4n) is 6.09. The summed E-state index contributed by atoms with van der Waals surface area (Å²) in [6.45, 7) is 7.44. The number of hydrogen-bond acceptors (Lipinski definition) is 0. The molecule has 35 heavy (non-hydrogen) atoms. The Hall–Kier alpha value is -2.73. The molecule has 184 valence electrons. The summed E-state index contributed by atoms with van der Waals surface area (Å²) < 4.78 is 43.4. The molecule has 0 nitrogen and oxygen atoms in total. The van der Waals surface area contributed by atoms with E-state index in [4.69, 9.17) is 0 Å². The van der Waals surface area contributed by atoms with Gasteiger partial charge in [-0.3, -0.25) is 0 Å². The molecule has 0 N–H and O–H groups in total. The Balaban J connectivity index is 1.41. The van der Waals surface area contributed by atoms with Gasteiger partial charge in [0.25, 0.3) is 0 Å². The van der Waals surface area contributed by atoms with Crippen molar-refractivity contribution in [1.82, 2.24) is 0 Å². The monoisotopic (exact) mass is 476 g/mol. The summed E-state index contributed by atoms with van der Waals surface area (Å²) in [5.41, 5.74) is 1.53. The van der Waals surface area contributed by atoms with Gasteiger partial charge in [-0.25, -0.2) is 13.2 Å². The van der Waals surface area contributed by atoms with Crippen LogP contribution in [0.15, 0.2) is 55.6 Å². The van der Waals surface area contributed by atoms with Gasteiger partial charge in [-0.1, -0.05) is 36.5 Å². The van der Waals surface area contributed by atoms with Crippen LogP contribution in [0.3, 0.4) is 0 Å². The molecular weight excluding hydrogens is 441 g/mol. The average Bonchev–Trinajstić information content (AvgIpc) is 2.86. The van der Waals surface area contributed by atoms with Gasteiger partial charge in [0, 0.05) is 11.1 Å². The zero-order valence-electron chi connectivity index (χ0n) is 20.5. The van der Waals surface area contributed by atoms with Crippen LogP contribution < -0.4 is 0 Å². The molecule has 0 radical (unpaired) electrons. The van der Waals surface area contributed by atoms with E-state index in [2.05, 4.69) is 25.0 Å². The number of hydrogen-bond donors (Lipinski definition) is 0. The number of benzene rings is 2. The molecule has 2 aromatic carbocycles. The molecule has 0 aromatic heterocycles. The normalized spacial score (nSPS) is 23.6. The van der Waals surface area contributed by atoms with Gasteiger partial charge in [0.1, 0.15) is 17.5 Å². The molecule has 0 aliphatic heterocycles. The van der Waals surface area contributed by atoms with Crippen LogP contribution in [-0.4, -0.2) is 0 Å². The molecule has 0 amide bonds. The molecule has 2 aromatic rings. The summed E-state index contributed by atoms with van der Waals surface area (Å²) >= 11 is 0. The first-order chi connectivity index (χ1) is 17.0. The van der Waals surface area contributed by atoms with Crippen LogP contribution in [0.2, 0.25) is 0 Å². The smallest absolute Gasteiger partial charge is 0.139 e. The number of halogens is 3. The molecule has 2 fully saturated rings. The second-order valence-electron chi connectivity index (χ2n) is 10.3. The Morgan fingerprint density at radius 2 is 1.51 bits per heavy atom. The number of rotatable bonds is 7. The average molecular weight is 477 g/mol. The molecule has 2 aliphatic rings. The third-order valence-electron chi connectivity index (χ3n) is 8.05. The first-order valence-corrected chi connectivity index (χ1v) is 13.0. The van der Waals surface area contributed by atoms with Crippen LogP contribution in [0, 0.1) is 47.0 Å². The first kappa shape index (κ1) is 25.4. The molecule has 4 atom stereocenters. The van der Waals surface area contributed by atoms with Gasteiger partial charge in [-0.15, -0.1) is 13.2 Å². The Bertz CT molecular complexity index is 1100. The fourth-order valence-corrected chi connectivity index (χ4v) is 6.09. The maximum Gasteiger partial charge on any atom is 0.139 e. The standard InChI is InChI=1S/C32H35F3/c1-3-5-7-22-9-12-26-20-27(16-15-25(26)17-22)28-14-13-24(30(33)21-28)11-10-23-18-31(34)29(8-6-4-2)32(35)19-23/h3-4,13-14,18-19,21-22,25-27H,1-2,5-9,12,15-17,20H2. The lowest BCUT2D eigenvalue weighted by Gasteiger charge is -2.42. The van der Waals surface area contributed by atoms with Crippen LogP contribution in [-0.2, 0) is 6.42 Å². The minimum absolute atomic E-state index is 0.0333. The van der Waals surface area contributed by atoms with Crippen molar-refractivity contribution in [3.05, 3.63) is 95.3 Å². The third-order valence-corrected chi connectivity index (χ3v) is 8.05. The highest BCUT2D eigenvalue weighted by Crippen LogP contribution is 2.48. The molecule has 3 heteroatoms. The first-order valence-electron chi connectivity index (χ1n) is 13.0. The minimum Gasteiger partial charge on any atom is -0.207 e. The zero-order chi connectivity index (χ0) is 24.8. The van der Waals surface area contributed by atoms with Gasteiger partial charge in [-0.05, 0) is 111 Å². The second-order valence-corrected chi connectivity index (χ2v) is 10.3. The molecule has 4 unspecified atom stereocenters. The Kier molecular flexibility index (Phi) is 8.55. The van der Waals surface area contributed by atoms with Crippen molar-refractivity contribution in [1.29, 1.82) is 0 Å². The van der Waals surface area contributed by atoms with Gasteiger partial charge in [0.2, 0.25) is 0 Å². The number of allylic oxidation sites excluding steroid dienone is 2. The van der Waals surface area contributed by atoms with E-state index in [1.165, 1.54) is 44.2 Å². The van der Waals surface area contributed by atoms with Crippen molar-refractivity contribution in [3.8, 4) is 11.8 Å². The molecule has 0 heterocycles. The van der Waals surface area contributed by atoms with Gasteiger partial charge in [0.05, 0.1) is 5.56 Å². The van der Waals surface area contributed by atoms with Gasteiger partial charge >= 0.3 is 0 Å². The second kappa shape index (κ2) is 11.8. The summed E-state index contributed by atoms with van der Waals surface area (Å²) in [4.78, 5) is 0. The predicted molar refractivity (Wildman–Crippen MR) is 138 cm³/mol. The Morgan fingerprint density at radius 1 is 0.800 bits per heavy atom. The lowest BCUT2D eigenvalue weighted by atomic mass is 9.63. The lowest BCUT2D eigenvalue weighted by molar-refractivity contribution is 0.115. The summed E-state index contributed by atoms with van der Waals surface area (Å²) in [6.07, 6.45) is 14.2. The van der Waals surface area contributed by atoms with Crippen molar-refractivity contribution >= 4 is 0 Å². The molecule has 2 saturated carbocycles. The van der Waals surface area contributed by atoms with Crippen LogP contribution in [0.1, 0.15) is 86.0 Å². The maximum absolute atomic E-state index is 14.9. The van der Waals surface area contributed by atoms with Crippen molar-refractivity contribution < 1.29 is 13.2 Å². The topological polar surface area (TPSA) is 0 Å². The molecule has 0 saturated heterocycles. The van der Waals surface area contributed by atoms with E-state index < -0.39 is 11.6 Å². The maximum atomic E-state index is 14.9. The van der Waals surface area contributed by atoms with Crippen molar-refractivity contribution in [2.75, 3.05) is 0 Å². The van der Waals surface area contributed by atoms with E-state index in [9.17, 15) is 13.2 Å². The highest BCUT2D eigenvalue weighted by molar-refractivity contribution is 5.46. The van der Waals surface area contributed by atoms with E-state index in [1.54, 1.807) is 18.2 Å². The van der Waals surface area contributed by atoms with E-state index in [1.807, 2.05) is 12.1 Å². The van der Waals surface area contributed by atoms with Crippen LogP contribution in [0.25, 0.3) is 0 Å². The van der Waals surface area contributed by atoms with Crippen molar-refractivity contribution in [2.45, 2.75) is 70.1 Å². The summed E-state index contributed by atoms with van der Waals surface area (Å²) in [5, 5.41) is 0. The quantitative estimate of drug-likeness (QED) is 0.276. The van der Waals surface area contributed by atoms with E-state index >= 15 is 0 Å². The predicted octanol–water partition coefficient (Wildman–Crippen LogP) is 8.89. The highest BCUT2D eigenvalue weighted by atomic mass is 19.1. The van der Waals surface area contributed by atoms with Crippen LogP contribution >= 0.6 is 0 Å². The van der Waals surface area contributed by atoms with E-state index in [0.29, 0.717) is 12.3 Å². The minimum atomic E-state index is -0.627. The van der Waals surface area contributed by atoms with Gasteiger partial charge < -0.3 is 0 Å². The SMILES string of the molecule is C=CCCc1c(F)cc(C#Cc2ccc(C3CCC4CC(CCC=C)CCC4C3)cc2F)cc1F. The largest absolute Gasteiger partial charge is 0.207 e. The van der Waals surface area contributed by atoms with Crippen molar-refractivity contribution in [2.24, 2.45) is 17.8 Å². The van der Waals surface area contributed by atoms with Crippen LogP contribution in [0.4, 0.5) is 13.2 Å². The molecule has 2 aliphatic carbocycles. The summed E-state index contributed by atoms with van der Waals surface area (Å²) in [7, 11) is 0. The molecule has 0 bridgehead atoms. The summed E-state index contributed by atoms with van der Waals surface area (Å²) in [6, 6.07) is 7.73. The fraction of sp³-hybridized carbons (Fsp3) is 0.438. The zero-order valence-corrected chi connectivity index (χ0v) is 20.5. The van der Waals surface area contributed by atoms with Crippen molar-refractivity contribution in [3.63, 3.8) is 0 Å². The number of fused-ring (bicyclic) bond motifs is 1. The van der Waals surface area contributed by atoms with E-state index in [-0.39, 0.29) is 28.9 Å². The van der Waals surface area contributed by atoms with Crippen LogP contribution in [0.5, 0.6) is 0 Å². The van der Waals surface area contributed by atoms with Gasteiger partial charge in [-0.2, -0.15) is 0 Å². The molecular formula is C32H35F3. The Morgan fingerprint density at radius 3 is 2.23 bits per heavy atom. The van der Waals surface area contributed by atoms with E-state index in [0.717, 1.165) is 42.6 Å². The molecule has 4 rings (SSSR count).